The lowest BCUT2D eigenvalue weighted by Gasteiger charge is -2.26. The number of thiazole rings is 1. The van der Waals surface area contributed by atoms with Crippen LogP contribution in [0.5, 0.6) is 0 Å². The zero-order chi connectivity index (χ0) is 15.0. The van der Waals surface area contributed by atoms with Gasteiger partial charge in [-0.1, -0.05) is 0 Å². The highest BCUT2D eigenvalue weighted by Crippen LogP contribution is 2.18. The van der Waals surface area contributed by atoms with E-state index in [2.05, 4.69) is 19.9 Å². The Morgan fingerprint density at radius 2 is 2.29 bits per heavy atom. The number of aromatic amines is 1. The van der Waals surface area contributed by atoms with Gasteiger partial charge in [-0.2, -0.15) is 0 Å². The fraction of sp³-hybridized carbons (Fsp3) is 0.417. The Balaban J connectivity index is 1.88. The van der Waals surface area contributed by atoms with Crippen molar-refractivity contribution in [2.24, 2.45) is 0 Å². The minimum Gasteiger partial charge on any atom is -0.297 e. The van der Waals surface area contributed by atoms with E-state index >= 15 is 0 Å². The molecule has 0 unspecified atom stereocenters. The second-order valence-corrected chi connectivity index (χ2v) is 7.87. The summed E-state index contributed by atoms with van der Waals surface area (Å²) in [5.74, 6) is 0. The minimum absolute atomic E-state index is 0.250. The molecular weight excluding hydrogens is 312 g/mol. The van der Waals surface area contributed by atoms with Crippen molar-refractivity contribution in [3.63, 3.8) is 0 Å². The zero-order valence-corrected chi connectivity index (χ0v) is 13.0. The number of sulfone groups is 1. The van der Waals surface area contributed by atoms with Crippen molar-refractivity contribution in [1.82, 2.24) is 19.9 Å². The molecule has 7 nitrogen and oxygen atoms in total. The third-order valence-electron chi connectivity index (χ3n) is 3.32. The van der Waals surface area contributed by atoms with Gasteiger partial charge in [-0.25, -0.2) is 18.4 Å². The third kappa shape index (κ3) is 3.04. The van der Waals surface area contributed by atoms with Crippen molar-refractivity contribution in [3.8, 4) is 0 Å². The molecule has 2 aromatic heterocycles. The lowest BCUT2D eigenvalue weighted by atomic mass is 10.1. The fourth-order valence-electron chi connectivity index (χ4n) is 2.29. The molecule has 0 atom stereocenters. The van der Waals surface area contributed by atoms with Gasteiger partial charge in [0.05, 0.1) is 17.8 Å². The van der Waals surface area contributed by atoms with E-state index in [1.807, 2.05) is 5.38 Å². The first-order chi connectivity index (χ1) is 9.93. The Labute approximate surface area is 125 Å². The third-order valence-corrected chi connectivity index (χ3v) is 4.98. The van der Waals surface area contributed by atoms with Gasteiger partial charge in [0.25, 0.3) is 5.56 Å². The van der Waals surface area contributed by atoms with Crippen LogP contribution in [0, 0.1) is 0 Å². The van der Waals surface area contributed by atoms with Gasteiger partial charge >= 0.3 is 0 Å². The molecule has 1 aliphatic heterocycles. The Kier molecular flexibility index (Phi) is 3.64. The number of fused-ring (bicyclic) bond motifs is 1. The Morgan fingerprint density at radius 3 is 2.95 bits per heavy atom. The van der Waals surface area contributed by atoms with Gasteiger partial charge in [0.2, 0.25) is 15.0 Å². The van der Waals surface area contributed by atoms with Crippen molar-refractivity contribution < 1.29 is 8.42 Å². The topological polar surface area (TPSA) is 96.0 Å². The van der Waals surface area contributed by atoms with E-state index in [-0.39, 0.29) is 10.7 Å². The number of aromatic nitrogens is 3. The number of hydrogen-bond acceptors (Lipinski definition) is 7. The van der Waals surface area contributed by atoms with Crippen molar-refractivity contribution in [1.29, 1.82) is 0 Å². The maximum Gasteiger partial charge on any atom is 0.256 e. The first-order valence-electron chi connectivity index (χ1n) is 6.36. The Morgan fingerprint density at radius 1 is 1.48 bits per heavy atom. The van der Waals surface area contributed by atoms with E-state index < -0.39 is 9.84 Å². The minimum atomic E-state index is -3.50. The van der Waals surface area contributed by atoms with Crippen LogP contribution in [0.15, 0.2) is 21.5 Å². The second kappa shape index (κ2) is 5.32. The van der Waals surface area contributed by atoms with Crippen molar-refractivity contribution in [2.45, 2.75) is 24.7 Å². The van der Waals surface area contributed by atoms with Crippen LogP contribution in [0.3, 0.4) is 0 Å². The number of rotatable bonds is 3. The summed E-state index contributed by atoms with van der Waals surface area (Å²) in [6.07, 6.45) is 3.35. The van der Waals surface area contributed by atoms with Crippen LogP contribution >= 0.6 is 11.3 Å². The average Bonchev–Trinajstić information content (AvgIpc) is 2.91. The first-order valence-corrected chi connectivity index (χ1v) is 9.13. The highest BCUT2D eigenvalue weighted by molar-refractivity contribution is 7.90. The first kappa shape index (κ1) is 14.4. The predicted molar refractivity (Wildman–Crippen MR) is 77.9 cm³/mol. The van der Waals surface area contributed by atoms with E-state index in [9.17, 15) is 13.2 Å². The summed E-state index contributed by atoms with van der Waals surface area (Å²) in [4.78, 5) is 24.9. The van der Waals surface area contributed by atoms with Crippen LogP contribution in [-0.2, 0) is 29.3 Å². The van der Waals surface area contributed by atoms with Crippen LogP contribution in [0.1, 0.15) is 16.3 Å². The molecule has 0 amide bonds. The number of hydrogen-bond donors (Lipinski definition) is 1. The molecule has 1 N–H and O–H groups in total. The van der Waals surface area contributed by atoms with Gasteiger partial charge in [-0.3, -0.25) is 14.7 Å². The predicted octanol–water partition coefficient (Wildman–Crippen LogP) is 0.188. The molecule has 21 heavy (non-hydrogen) atoms. The molecule has 2 aromatic rings. The molecule has 3 heterocycles. The van der Waals surface area contributed by atoms with Gasteiger partial charge in [-0.05, 0) is 0 Å². The lowest BCUT2D eigenvalue weighted by molar-refractivity contribution is 0.240. The second-order valence-electron chi connectivity index (χ2n) is 4.95. The molecule has 0 aromatic carbocycles. The molecule has 0 radical (unpaired) electrons. The standard InChI is InChI=1S/C12H14N4O3S2/c1-21(18,19)12-14-9-2-4-16(6-8(9)11(17)15-12)7-10-13-3-5-20-10/h3,5H,2,4,6-7H2,1H3,(H,14,15,17). The molecule has 1 aliphatic rings. The normalized spacial score (nSPS) is 15.9. The summed E-state index contributed by atoms with van der Waals surface area (Å²) in [6, 6.07) is 0. The largest absolute Gasteiger partial charge is 0.297 e. The number of H-pyrrole nitrogens is 1. The fourth-order valence-corrected chi connectivity index (χ4v) is 3.50. The maximum atomic E-state index is 12.1. The molecule has 0 fully saturated rings. The van der Waals surface area contributed by atoms with Crippen LogP contribution in [-0.4, -0.2) is 41.1 Å². The van der Waals surface area contributed by atoms with Gasteiger partial charge in [0, 0.05) is 37.3 Å². The number of nitrogens with zero attached hydrogens (tertiary/aromatic N) is 3. The monoisotopic (exact) mass is 326 g/mol. The van der Waals surface area contributed by atoms with Crippen LogP contribution in [0.25, 0.3) is 0 Å². The molecule has 0 bridgehead atoms. The van der Waals surface area contributed by atoms with Crippen LogP contribution < -0.4 is 5.56 Å². The van der Waals surface area contributed by atoms with E-state index in [1.54, 1.807) is 17.5 Å². The van der Waals surface area contributed by atoms with E-state index in [4.69, 9.17) is 0 Å². The lowest BCUT2D eigenvalue weighted by Crippen LogP contribution is -2.36. The summed E-state index contributed by atoms with van der Waals surface area (Å²) in [7, 11) is -3.50. The average molecular weight is 326 g/mol. The smallest absolute Gasteiger partial charge is 0.256 e. The quantitative estimate of drug-likeness (QED) is 0.809. The molecule has 0 saturated carbocycles. The molecule has 9 heteroatoms. The molecule has 0 spiro atoms. The summed E-state index contributed by atoms with van der Waals surface area (Å²) in [6.45, 7) is 1.87. The van der Waals surface area contributed by atoms with Crippen LogP contribution in [0.4, 0.5) is 0 Å². The highest BCUT2D eigenvalue weighted by Gasteiger charge is 2.23. The van der Waals surface area contributed by atoms with E-state index in [0.717, 1.165) is 17.8 Å². The van der Waals surface area contributed by atoms with Gasteiger partial charge in [-0.15, -0.1) is 11.3 Å². The van der Waals surface area contributed by atoms with Crippen molar-refractivity contribution >= 4 is 21.2 Å². The SMILES string of the molecule is CS(=O)(=O)c1nc2c(c(=O)[nH]1)CN(Cc1nccs1)CC2. The van der Waals surface area contributed by atoms with Gasteiger partial charge in [0.1, 0.15) is 5.01 Å². The van der Waals surface area contributed by atoms with E-state index in [1.165, 1.54) is 0 Å². The van der Waals surface area contributed by atoms with Crippen molar-refractivity contribution in [2.75, 3.05) is 12.8 Å². The summed E-state index contributed by atoms with van der Waals surface area (Å²) in [5, 5.41) is 2.66. The molecule has 0 aliphatic carbocycles. The van der Waals surface area contributed by atoms with Gasteiger partial charge in [0.15, 0.2) is 0 Å². The molecule has 0 saturated heterocycles. The Hall–Kier alpha value is -1.58. The van der Waals surface area contributed by atoms with Crippen LogP contribution in [0.2, 0.25) is 0 Å². The maximum absolute atomic E-state index is 12.1. The van der Waals surface area contributed by atoms with Gasteiger partial charge < -0.3 is 0 Å². The Bertz CT molecular complexity index is 812. The molecule has 3 rings (SSSR count). The summed E-state index contributed by atoms with van der Waals surface area (Å²) < 4.78 is 23.0. The summed E-state index contributed by atoms with van der Waals surface area (Å²) in [5.41, 5.74) is 0.754. The zero-order valence-electron chi connectivity index (χ0n) is 11.4. The molecular formula is C12H14N4O3S2. The summed E-state index contributed by atoms with van der Waals surface area (Å²) >= 11 is 1.57. The van der Waals surface area contributed by atoms with E-state index in [0.29, 0.717) is 30.8 Å². The number of nitrogens with one attached hydrogen (secondary N) is 1. The molecule has 112 valence electrons. The highest BCUT2D eigenvalue weighted by atomic mass is 32.2. The van der Waals surface area contributed by atoms with Crippen molar-refractivity contribution in [3.05, 3.63) is 38.2 Å².